The van der Waals surface area contributed by atoms with Crippen LogP contribution >= 0.6 is 0 Å². The van der Waals surface area contributed by atoms with E-state index in [1.807, 2.05) is 11.8 Å². The number of carbonyl (C=O) groups is 2. The summed E-state index contributed by atoms with van der Waals surface area (Å²) in [7, 11) is 3.23. The number of esters is 1. The van der Waals surface area contributed by atoms with Crippen LogP contribution < -0.4 is 4.74 Å². The summed E-state index contributed by atoms with van der Waals surface area (Å²) in [6.07, 6.45) is 2.60. The van der Waals surface area contributed by atoms with Crippen molar-refractivity contribution in [2.75, 3.05) is 20.2 Å². The molecular weight excluding hydrogens is 298 g/mol. The summed E-state index contributed by atoms with van der Waals surface area (Å²) in [6.45, 7) is 5.03. The average Bonchev–Trinajstić information content (AvgIpc) is 2.81. The van der Waals surface area contributed by atoms with Crippen molar-refractivity contribution in [3.63, 3.8) is 0 Å². The number of hydrogen-bond acceptors (Lipinski definition) is 5. The molecule has 7 heteroatoms. The lowest BCUT2D eigenvalue weighted by Crippen LogP contribution is -2.41. The van der Waals surface area contributed by atoms with Crippen molar-refractivity contribution in [3.05, 3.63) is 11.3 Å². The van der Waals surface area contributed by atoms with Gasteiger partial charge in [0, 0.05) is 39.4 Å². The van der Waals surface area contributed by atoms with Gasteiger partial charge in [0.1, 0.15) is 11.7 Å². The highest BCUT2D eigenvalue weighted by Crippen LogP contribution is 2.24. The number of aryl methyl sites for hydroxylation is 2. The molecule has 0 aliphatic carbocycles. The van der Waals surface area contributed by atoms with Crippen LogP contribution in [0.4, 0.5) is 0 Å². The van der Waals surface area contributed by atoms with Crippen LogP contribution in [0.2, 0.25) is 0 Å². The minimum Gasteiger partial charge on any atom is -0.481 e. The Balaban J connectivity index is 1.94. The molecule has 0 bridgehead atoms. The van der Waals surface area contributed by atoms with Crippen molar-refractivity contribution in [2.45, 2.75) is 45.6 Å². The van der Waals surface area contributed by atoms with E-state index in [0.29, 0.717) is 49.5 Å². The summed E-state index contributed by atoms with van der Waals surface area (Å²) < 4.78 is 12.3. The Kier molecular flexibility index (Phi) is 5.63. The largest absolute Gasteiger partial charge is 0.481 e. The molecule has 1 fully saturated rings. The molecule has 0 aromatic carbocycles. The molecule has 7 nitrogen and oxygen atoms in total. The fourth-order valence-electron chi connectivity index (χ4n) is 2.91. The Labute approximate surface area is 136 Å². The summed E-state index contributed by atoms with van der Waals surface area (Å²) in [5.41, 5.74) is 0.962. The van der Waals surface area contributed by atoms with Crippen LogP contribution in [0.1, 0.15) is 48.7 Å². The van der Waals surface area contributed by atoms with Crippen molar-refractivity contribution >= 4 is 11.9 Å². The number of piperidine rings is 1. The highest BCUT2D eigenvalue weighted by atomic mass is 16.5. The minimum atomic E-state index is -0.411. The van der Waals surface area contributed by atoms with Gasteiger partial charge in [-0.15, -0.1) is 0 Å². The molecule has 1 aromatic heterocycles. The van der Waals surface area contributed by atoms with Gasteiger partial charge in [0.15, 0.2) is 0 Å². The molecule has 1 saturated heterocycles. The number of rotatable bonds is 5. The normalized spacial score (nSPS) is 15.6. The molecule has 23 heavy (non-hydrogen) atoms. The highest BCUT2D eigenvalue weighted by molar-refractivity contribution is 5.93. The Hall–Kier alpha value is -2.05. The fourth-order valence-corrected chi connectivity index (χ4v) is 2.91. The molecule has 1 aromatic rings. The SMILES string of the molecule is CCCC(=O)N1CCC(OC(=O)c2c(C)nn(C)c2OC)CC1. The van der Waals surface area contributed by atoms with Crippen LogP contribution in [-0.2, 0) is 16.6 Å². The van der Waals surface area contributed by atoms with Gasteiger partial charge in [-0.2, -0.15) is 5.10 Å². The van der Waals surface area contributed by atoms with Gasteiger partial charge >= 0.3 is 5.97 Å². The van der Waals surface area contributed by atoms with Crippen molar-refractivity contribution in [3.8, 4) is 5.88 Å². The summed E-state index contributed by atoms with van der Waals surface area (Å²) in [5, 5.41) is 4.19. The number of ether oxygens (including phenoxy) is 2. The van der Waals surface area contributed by atoms with E-state index < -0.39 is 5.97 Å². The second-order valence-corrected chi connectivity index (χ2v) is 5.83. The molecule has 0 spiro atoms. The molecule has 0 radical (unpaired) electrons. The number of nitrogens with zero attached hydrogens (tertiary/aromatic N) is 3. The van der Waals surface area contributed by atoms with Gasteiger partial charge in [0.25, 0.3) is 0 Å². The third-order valence-corrected chi connectivity index (χ3v) is 4.10. The lowest BCUT2D eigenvalue weighted by atomic mass is 10.1. The van der Waals surface area contributed by atoms with Gasteiger partial charge in [-0.25, -0.2) is 9.48 Å². The lowest BCUT2D eigenvalue weighted by Gasteiger charge is -2.31. The predicted molar refractivity (Wildman–Crippen MR) is 84.4 cm³/mol. The van der Waals surface area contributed by atoms with Gasteiger partial charge in [0.2, 0.25) is 11.8 Å². The smallest absolute Gasteiger partial charge is 0.345 e. The lowest BCUT2D eigenvalue weighted by molar-refractivity contribution is -0.133. The molecule has 1 amide bonds. The molecule has 2 heterocycles. The molecule has 0 atom stereocenters. The zero-order chi connectivity index (χ0) is 17.0. The van der Waals surface area contributed by atoms with E-state index in [-0.39, 0.29) is 12.0 Å². The first-order chi connectivity index (χ1) is 11.0. The molecular formula is C16H25N3O4. The second kappa shape index (κ2) is 7.48. The van der Waals surface area contributed by atoms with Crippen molar-refractivity contribution < 1.29 is 19.1 Å². The molecule has 1 aliphatic rings. The predicted octanol–water partition coefficient (Wildman–Crippen LogP) is 1.69. The van der Waals surface area contributed by atoms with E-state index >= 15 is 0 Å². The Morgan fingerprint density at radius 3 is 2.52 bits per heavy atom. The monoisotopic (exact) mass is 323 g/mol. The van der Waals surface area contributed by atoms with Gasteiger partial charge in [-0.1, -0.05) is 6.92 Å². The van der Waals surface area contributed by atoms with Gasteiger partial charge in [0.05, 0.1) is 12.8 Å². The zero-order valence-electron chi connectivity index (χ0n) is 14.3. The molecule has 2 rings (SSSR count). The maximum atomic E-state index is 12.4. The summed E-state index contributed by atoms with van der Waals surface area (Å²) in [5.74, 6) is 0.177. The van der Waals surface area contributed by atoms with Gasteiger partial charge < -0.3 is 14.4 Å². The van der Waals surface area contributed by atoms with E-state index in [2.05, 4.69) is 5.10 Å². The van der Waals surface area contributed by atoms with Crippen LogP contribution in [-0.4, -0.2) is 52.9 Å². The van der Waals surface area contributed by atoms with Gasteiger partial charge in [-0.05, 0) is 13.3 Å². The highest BCUT2D eigenvalue weighted by Gasteiger charge is 2.28. The van der Waals surface area contributed by atoms with E-state index in [0.717, 1.165) is 6.42 Å². The van der Waals surface area contributed by atoms with E-state index in [1.165, 1.54) is 11.8 Å². The number of aromatic nitrogens is 2. The van der Waals surface area contributed by atoms with Gasteiger partial charge in [-0.3, -0.25) is 4.79 Å². The first-order valence-electron chi connectivity index (χ1n) is 8.04. The standard InChI is InChI=1S/C16H25N3O4/c1-5-6-13(20)19-9-7-12(8-10-19)23-16(21)14-11(2)17-18(3)15(14)22-4/h12H,5-10H2,1-4H3. The minimum absolute atomic E-state index is 0.169. The number of methoxy groups -OCH3 is 1. The fraction of sp³-hybridized carbons (Fsp3) is 0.688. The molecule has 0 saturated carbocycles. The Morgan fingerprint density at radius 2 is 1.96 bits per heavy atom. The third kappa shape index (κ3) is 3.83. The van der Waals surface area contributed by atoms with Crippen LogP contribution in [0.5, 0.6) is 5.88 Å². The zero-order valence-corrected chi connectivity index (χ0v) is 14.3. The topological polar surface area (TPSA) is 73.7 Å². The van der Waals surface area contributed by atoms with Crippen molar-refractivity contribution in [1.29, 1.82) is 0 Å². The first-order valence-corrected chi connectivity index (χ1v) is 8.04. The average molecular weight is 323 g/mol. The van der Waals surface area contributed by atoms with Crippen LogP contribution in [0.3, 0.4) is 0 Å². The Bertz CT molecular complexity index is 574. The van der Waals surface area contributed by atoms with E-state index in [4.69, 9.17) is 9.47 Å². The van der Waals surface area contributed by atoms with Crippen LogP contribution in [0, 0.1) is 6.92 Å². The van der Waals surface area contributed by atoms with Crippen LogP contribution in [0.15, 0.2) is 0 Å². The second-order valence-electron chi connectivity index (χ2n) is 5.83. The van der Waals surface area contributed by atoms with E-state index in [1.54, 1.807) is 14.0 Å². The summed E-state index contributed by atoms with van der Waals surface area (Å²) in [6, 6.07) is 0. The van der Waals surface area contributed by atoms with Crippen molar-refractivity contribution in [2.24, 2.45) is 7.05 Å². The number of carbonyl (C=O) groups excluding carboxylic acids is 2. The van der Waals surface area contributed by atoms with E-state index in [9.17, 15) is 9.59 Å². The quantitative estimate of drug-likeness (QED) is 0.771. The maximum Gasteiger partial charge on any atom is 0.345 e. The summed E-state index contributed by atoms with van der Waals surface area (Å²) >= 11 is 0. The summed E-state index contributed by atoms with van der Waals surface area (Å²) in [4.78, 5) is 26.1. The third-order valence-electron chi connectivity index (χ3n) is 4.10. The maximum absolute atomic E-state index is 12.4. The molecule has 1 aliphatic heterocycles. The number of amides is 1. The van der Waals surface area contributed by atoms with Crippen molar-refractivity contribution in [1.82, 2.24) is 14.7 Å². The van der Waals surface area contributed by atoms with Crippen LogP contribution in [0.25, 0.3) is 0 Å². The first kappa shape index (κ1) is 17.3. The number of likely N-dealkylation sites (tertiary alicyclic amines) is 1. The molecule has 0 unspecified atom stereocenters. The Morgan fingerprint density at radius 1 is 1.30 bits per heavy atom. The molecule has 128 valence electrons. The number of hydrogen-bond donors (Lipinski definition) is 0. The molecule has 0 N–H and O–H groups in total.